The van der Waals surface area contributed by atoms with Crippen LogP contribution in [0, 0.1) is 5.82 Å². The molecule has 1 rings (SSSR count). The summed E-state index contributed by atoms with van der Waals surface area (Å²) in [5.74, 6) is -0.783. The molecular weight excluding hydrogens is 273 g/mol. The Hall–Kier alpha value is -1.67. The fraction of sp³-hybridized carbons (Fsp3) is 0.364. The average molecular weight is 289 g/mol. The van der Waals surface area contributed by atoms with Gasteiger partial charge in [-0.25, -0.2) is 12.8 Å². The second kappa shape index (κ2) is 5.54. The molecule has 0 saturated heterocycles. The molecule has 0 saturated carbocycles. The summed E-state index contributed by atoms with van der Waals surface area (Å²) < 4.78 is 39.3. The van der Waals surface area contributed by atoms with E-state index in [2.05, 4.69) is 9.88 Å². The number of oxime groups is 1. The summed E-state index contributed by atoms with van der Waals surface area (Å²) in [6, 6.07) is 4.36. The molecule has 0 aliphatic heterocycles. The van der Waals surface area contributed by atoms with Crippen molar-refractivity contribution in [3.63, 3.8) is 0 Å². The number of nitrogens with two attached hydrogens (primary N) is 1. The van der Waals surface area contributed by atoms with Gasteiger partial charge >= 0.3 is 0 Å². The van der Waals surface area contributed by atoms with E-state index in [0.717, 1.165) is 24.3 Å². The van der Waals surface area contributed by atoms with E-state index in [4.69, 9.17) is 10.9 Å². The standard InChI is InChI=1S/C11H16FN3O3S/c1-3-11(2,10(13)14-16)15-19(17,18)9-6-4-8(12)5-7-9/h4-7,15-16H,3H2,1-2H3,(H2,13,14). The van der Waals surface area contributed by atoms with Gasteiger partial charge in [-0.05, 0) is 37.6 Å². The first-order valence-corrected chi connectivity index (χ1v) is 7.01. The fourth-order valence-electron chi connectivity index (χ4n) is 1.39. The highest BCUT2D eigenvalue weighted by molar-refractivity contribution is 7.89. The van der Waals surface area contributed by atoms with Gasteiger partial charge in [-0.1, -0.05) is 12.1 Å². The number of nitrogens with zero attached hydrogens (tertiary/aromatic N) is 1. The molecule has 1 unspecified atom stereocenters. The summed E-state index contributed by atoms with van der Waals surface area (Å²) in [4.78, 5) is -0.0979. The molecule has 19 heavy (non-hydrogen) atoms. The highest BCUT2D eigenvalue weighted by atomic mass is 32.2. The Bertz CT molecular complexity index is 571. The Morgan fingerprint density at radius 3 is 2.42 bits per heavy atom. The normalized spacial score (nSPS) is 16.1. The number of nitrogens with one attached hydrogen (secondary N) is 1. The van der Waals surface area contributed by atoms with Crippen molar-refractivity contribution in [2.24, 2.45) is 10.9 Å². The molecule has 0 amide bonds. The third-order valence-corrected chi connectivity index (χ3v) is 4.48. The zero-order chi connectivity index (χ0) is 14.7. The molecule has 1 aromatic rings. The molecule has 0 aliphatic rings. The Morgan fingerprint density at radius 1 is 1.47 bits per heavy atom. The number of hydrogen-bond acceptors (Lipinski definition) is 4. The summed E-state index contributed by atoms with van der Waals surface area (Å²) in [5, 5.41) is 11.5. The molecule has 0 bridgehead atoms. The minimum Gasteiger partial charge on any atom is -0.409 e. The lowest BCUT2D eigenvalue weighted by Crippen LogP contribution is -2.54. The zero-order valence-corrected chi connectivity index (χ0v) is 11.4. The van der Waals surface area contributed by atoms with Gasteiger partial charge in [0.2, 0.25) is 10.0 Å². The molecule has 1 atom stereocenters. The fourth-order valence-corrected chi connectivity index (χ4v) is 2.84. The topological polar surface area (TPSA) is 105 Å². The molecule has 0 aromatic heterocycles. The quantitative estimate of drug-likeness (QED) is 0.326. The molecule has 0 fully saturated rings. The predicted octanol–water partition coefficient (Wildman–Crippen LogP) is 1.02. The number of hydrogen-bond donors (Lipinski definition) is 3. The molecule has 4 N–H and O–H groups in total. The van der Waals surface area contributed by atoms with E-state index in [-0.39, 0.29) is 17.2 Å². The van der Waals surface area contributed by atoms with E-state index in [1.807, 2.05) is 0 Å². The predicted molar refractivity (Wildman–Crippen MR) is 68.8 cm³/mol. The summed E-state index contributed by atoms with van der Waals surface area (Å²) in [6.07, 6.45) is 0.281. The molecule has 0 spiro atoms. The first-order chi connectivity index (χ1) is 8.75. The van der Waals surface area contributed by atoms with Gasteiger partial charge in [-0.15, -0.1) is 0 Å². The first kappa shape index (κ1) is 15.4. The molecule has 8 heteroatoms. The summed E-state index contributed by atoms with van der Waals surface area (Å²) >= 11 is 0. The Labute approximate surface area is 111 Å². The number of rotatable bonds is 5. The van der Waals surface area contributed by atoms with Gasteiger partial charge < -0.3 is 10.9 Å². The van der Waals surface area contributed by atoms with Crippen molar-refractivity contribution in [2.45, 2.75) is 30.7 Å². The van der Waals surface area contributed by atoms with Gasteiger partial charge in [0.1, 0.15) is 5.82 Å². The van der Waals surface area contributed by atoms with Gasteiger partial charge in [0.05, 0.1) is 10.4 Å². The minimum atomic E-state index is -3.89. The average Bonchev–Trinajstić information content (AvgIpc) is 2.37. The van der Waals surface area contributed by atoms with Crippen LogP contribution in [-0.2, 0) is 10.0 Å². The van der Waals surface area contributed by atoms with Crippen LogP contribution in [0.5, 0.6) is 0 Å². The van der Waals surface area contributed by atoms with Crippen molar-refractivity contribution < 1.29 is 18.0 Å². The first-order valence-electron chi connectivity index (χ1n) is 5.52. The third kappa shape index (κ3) is 3.42. The number of benzene rings is 1. The molecule has 0 radical (unpaired) electrons. The number of halogens is 1. The van der Waals surface area contributed by atoms with Gasteiger partial charge in [-0.2, -0.15) is 4.72 Å². The van der Waals surface area contributed by atoms with Crippen molar-refractivity contribution in [2.75, 3.05) is 0 Å². The Balaban J connectivity index is 3.12. The van der Waals surface area contributed by atoms with Crippen LogP contribution in [0.25, 0.3) is 0 Å². The summed E-state index contributed by atoms with van der Waals surface area (Å²) in [5.41, 5.74) is 4.26. The maximum absolute atomic E-state index is 12.8. The molecule has 6 nitrogen and oxygen atoms in total. The van der Waals surface area contributed by atoms with E-state index >= 15 is 0 Å². The van der Waals surface area contributed by atoms with Gasteiger partial charge in [0, 0.05) is 0 Å². The van der Waals surface area contributed by atoms with Crippen molar-refractivity contribution in [3.8, 4) is 0 Å². The molecule has 106 valence electrons. The zero-order valence-electron chi connectivity index (χ0n) is 10.6. The lowest BCUT2D eigenvalue weighted by Gasteiger charge is -2.27. The largest absolute Gasteiger partial charge is 0.409 e. The van der Waals surface area contributed by atoms with Crippen LogP contribution in [0.1, 0.15) is 20.3 Å². The lowest BCUT2D eigenvalue weighted by atomic mass is 10.00. The van der Waals surface area contributed by atoms with E-state index in [9.17, 15) is 12.8 Å². The van der Waals surface area contributed by atoms with Gasteiger partial charge in [0.25, 0.3) is 0 Å². The van der Waals surface area contributed by atoms with Crippen LogP contribution in [0.3, 0.4) is 0 Å². The molecule has 1 aromatic carbocycles. The van der Waals surface area contributed by atoms with Crippen molar-refractivity contribution in [3.05, 3.63) is 30.1 Å². The third-order valence-electron chi connectivity index (χ3n) is 2.86. The summed E-state index contributed by atoms with van der Waals surface area (Å²) in [6.45, 7) is 3.17. The monoisotopic (exact) mass is 289 g/mol. The highest BCUT2D eigenvalue weighted by Crippen LogP contribution is 2.16. The maximum Gasteiger partial charge on any atom is 0.241 e. The smallest absolute Gasteiger partial charge is 0.241 e. The van der Waals surface area contributed by atoms with Gasteiger partial charge in [0.15, 0.2) is 5.84 Å². The number of amidine groups is 1. The lowest BCUT2D eigenvalue weighted by molar-refractivity contribution is 0.310. The van der Waals surface area contributed by atoms with E-state index in [0.29, 0.717) is 0 Å². The highest BCUT2D eigenvalue weighted by Gasteiger charge is 2.33. The van der Waals surface area contributed by atoms with Crippen LogP contribution in [0.2, 0.25) is 0 Å². The van der Waals surface area contributed by atoms with Crippen LogP contribution < -0.4 is 10.5 Å². The SMILES string of the molecule is CCC(C)(NS(=O)(=O)c1ccc(F)cc1)/C(N)=N/O. The molecule has 0 heterocycles. The van der Waals surface area contributed by atoms with Crippen molar-refractivity contribution >= 4 is 15.9 Å². The van der Waals surface area contributed by atoms with Crippen LogP contribution in [-0.4, -0.2) is 25.0 Å². The van der Waals surface area contributed by atoms with E-state index in [1.54, 1.807) is 6.92 Å². The van der Waals surface area contributed by atoms with E-state index in [1.165, 1.54) is 6.92 Å². The maximum atomic E-state index is 12.8. The van der Waals surface area contributed by atoms with Gasteiger partial charge in [-0.3, -0.25) is 0 Å². The van der Waals surface area contributed by atoms with Crippen molar-refractivity contribution in [1.29, 1.82) is 0 Å². The van der Waals surface area contributed by atoms with Crippen molar-refractivity contribution in [1.82, 2.24) is 4.72 Å². The van der Waals surface area contributed by atoms with E-state index < -0.39 is 21.4 Å². The Kier molecular flexibility index (Phi) is 4.48. The van der Waals surface area contributed by atoms with Crippen LogP contribution in [0.4, 0.5) is 4.39 Å². The summed E-state index contributed by atoms with van der Waals surface area (Å²) in [7, 11) is -3.89. The second-order valence-electron chi connectivity index (χ2n) is 4.23. The van der Waals surface area contributed by atoms with Crippen LogP contribution in [0.15, 0.2) is 34.3 Å². The van der Waals surface area contributed by atoms with Crippen LogP contribution >= 0.6 is 0 Å². The molecule has 0 aliphatic carbocycles. The second-order valence-corrected chi connectivity index (χ2v) is 5.91. The minimum absolute atomic E-state index is 0.0979. The Morgan fingerprint density at radius 2 is 2.00 bits per heavy atom. The molecular formula is C11H16FN3O3S. The number of sulfonamides is 1.